The van der Waals surface area contributed by atoms with Gasteiger partial charge in [0.05, 0.1) is 4.47 Å². The Morgan fingerprint density at radius 2 is 1.81 bits per heavy atom. The number of halogens is 1. The van der Waals surface area contributed by atoms with Crippen LogP contribution in [-0.4, -0.2) is 24.1 Å². The molecule has 0 fully saturated rings. The summed E-state index contributed by atoms with van der Waals surface area (Å²) < 4.78 is 0.900. The second kappa shape index (κ2) is 4.61. The summed E-state index contributed by atoms with van der Waals surface area (Å²) in [6, 6.07) is 9.95. The van der Waals surface area contributed by atoms with Gasteiger partial charge in [0.1, 0.15) is 5.82 Å². The second-order valence-electron chi connectivity index (χ2n) is 3.63. The fourth-order valence-electron chi connectivity index (χ4n) is 1.40. The van der Waals surface area contributed by atoms with E-state index in [0.717, 1.165) is 21.7 Å². The number of hydrogen-bond acceptors (Lipinski definition) is 3. The summed E-state index contributed by atoms with van der Waals surface area (Å²) in [6.07, 6.45) is 1.78. The molecule has 16 heavy (non-hydrogen) atoms. The molecule has 0 saturated carbocycles. The molecular weight excluding hydrogens is 266 g/mol. The predicted molar refractivity (Wildman–Crippen MR) is 69.5 cm³/mol. The normalized spacial score (nSPS) is 10.2. The summed E-state index contributed by atoms with van der Waals surface area (Å²) in [5.41, 5.74) is 1.03. The average molecular weight is 278 g/mol. The van der Waals surface area contributed by atoms with Gasteiger partial charge in [0.2, 0.25) is 0 Å². The minimum absolute atomic E-state index is 0.743. The third kappa shape index (κ3) is 2.22. The lowest BCUT2D eigenvalue weighted by atomic mass is 10.2. The van der Waals surface area contributed by atoms with Gasteiger partial charge in [-0.05, 0) is 15.9 Å². The van der Waals surface area contributed by atoms with Crippen LogP contribution in [0.5, 0.6) is 0 Å². The maximum Gasteiger partial charge on any atom is 0.161 e. The van der Waals surface area contributed by atoms with Gasteiger partial charge in [-0.2, -0.15) is 0 Å². The Kier molecular flexibility index (Phi) is 3.19. The van der Waals surface area contributed by atoms with Gasteiger partial charge in [0, 0.05) is 25.9 Å². The van der Waals surface area contributed by atoms with Crippen molar-refractivity contribution < 1.29 is 0 Å². The van der Waals surface area contributed by atoms with Crippen LogP contribution in [0.2, 0.25) is 0 Å². The average Bonchev–Trinajstić information content (AvgIpc) is 2.30. The maximum absolute atomic E-state index is 4.51. The van der Waals surface area contributed by atoms with E-state index < -0.39 is 0 Å². The van der Waals surface area contributed by atoms with Crippen molar-refractivity contribution in [3.63, 3.8) is 0 Å². The van der Waals surface area contributed by atoms with E-state index in [4.69, 9.17) is 0 Å². The molecule has 0 amide bonds. The molecule has 4 heteroatoms. The van der Waals surface area contributed by atoms with Crippen LogP contribution in [0, 0.1) is 0 Å². The zero-order valence-corrected chi connectivity index (χ0v) is 10.8. The van der Waals surface area contributed by atoms with Crippen molar-refractivity contribution in [2.75, 3.05) is 19.0 Å². The van der Waals surface area contributed by atoms with E-state index in [0.29, 0.717) is 0 Å². The minimum Gasteiger partial charge on any atom is -0.362 e. The van der Waals surface area contributed by atoms with Gasteiger partial charge < -0.3 is 4.90 Å². The number of rotatable bonds is 2. The van der Waals surface area contributed by atoms with Crippen molar-refractivity contribution in [2.24, 2.45) is 0 Å². The van der Waals surface area contributed by atoms with Crippen LogP contribution in [0.3, 0.4) is 0 Å². The van der Waals surface area contributed by atoms with Crippen LogP contribution >= 0.6 is 15.9 Å². The lowest BCUT2D eigenvalue weighted by Crippen LogP contribution is -2.12. The molecule has 0 bridgehead atoms. The Morgan fingerprint density at radius 3 is 2.44 bits per heavy atom. The van der Waals surface area contributed by atoms with Crippen molar-refractivity contribution in [1.82, 2.24) is 9.97 Å². The van der Waals surface area contributed by atoms with Gasteiger partial charge in [-0.3, -0.25) is 0 Å². The minimum atomic E-state index is 0.743. The monoisotopic (exact) mass is 277 g/mol. The molecule has 0 N–H and O–H groups in total. The van der Waals surface area contributed by atoms with Gasteiger partial charge in [0.15, 0.2) is 5.82 Å². The van der Waals surface area contributed by atoms with E-state index >= 15 is 0 Å². The quantitative estimate of drug-likeness (QED) is 0.845. The molecule has 2 aromatic rings. The summed E-state index contributed by atoms with van der Waals surface area (Å²) in [6.45, 7) is 0. The Labute approximate surface area is 103 Å². The van der Waals surface area contributed by atoms with Gasteiger partial charge in [-0.1, -0.05) is 30.3 Å². The van der Waals surface area contributed by atoms with Crippen LogP contribution in [0.25, 0.3) is 11.4 Å². The van der Waals surface area contributed by atoms with Crippen molar-refractivity contribution in [3.05, 3.63) is 41.0 Å². The Morgan fingerprint density at radius 1 is 1.12 bits per heavy atom. The largest absolute Gasteiger partial charge is 0.362 e. The van der Waals surface area contributed by atoms with Crippen molar-refractivity contribution in [3.8, 4) is 11.4 Å². The standard InChI is InChI=1S/C12H12BrN3/c1-16(2)12-10(13)8-14-11(15-12)9-6-4-3-5-7-9/h3-8H,1-2H3. The molecule has 2 rings (SSSR count). The molecular formula is C12H12BrN3. The van der Waals surface area contributed by atoms with E-state index in [1.165, 1.54) is 0 Å². The summed E-state index contributed by atoms with van der Waals surface area (Å²) in [7, 11) is 3.92. The number of nitrogens with zero attached hydrogens (tertiary/aromatic N) is 3. The van der Waals surface area contributed by atoms with Gasteiger partial charge in [-0.25, -0.2) is 9.97 Å². The smallest absolute Gasteiger partial charge is 0.161 e. The predicted octanol–water partition coefficient (Wildman–Crippen LogP) is 2.97. The molecule has 0 aliphatic carbocycles. The van der Waals surface area contributed by atoms with Crippen LogP contribution < -0.4 is 4.90 Å². The van der Waals surface area contributed by atoms with E-state index in [9.17, 15) is 0 Å². The lowest BCUT2D eigenvalue weighted by molar-refractivity contribution is 1.03. The number of aromatic nitrogens is 2. The number of anilines is 1. The van der Waals surface area contributed by atoms with Crippen LogP contribution in [-0.2, 0) is 0 Å². The third-order valence-corrected chi connectivity index (χ3v) is 2.74. The second-order valence-corrected chi connectivity index (χ2v) is 4.48. The van der Waals surface area contributed by atoms with Gasteiger partial charge >= 0.3 is 0 Å². The highest BCUT2D eigenvalue weighted by atomic mass is 79.9. The van der Waals surface area contributed by atoms with E-state index in [-0.39, 0.29) is 0 Å². The van der Waals surface area contributed by atoms with Crippen molar-refractivity contribution in [1.29, 1.82) is 0 Å². The highest BCUT2D eigenvalue weighted by molar-refractivity contribution is 9.10. The van der Waals surface area contributed by atoms with E-state index in [1.54, 1.807) is 6.20 Å². The Balaban J connectivity index is 2.48. The highest BCUT2D eigenvalue weighted by Gasteiger charge is 2.07. The molecule has 0 aliphatic heterocycles. The lowest BCUT2D eigenvalue weighted by Gasteiger charge is -2.13. The fraction of sp³-hybridized carbons (Fsp3) is 0.167. The summed E-state index contributed by atoms with van der Waals surface area (Å²) in [5.74, 6) is 1.63. The zero-order valence-electron chi connectivity index (χ0n) is 9.18. The van der Waals surface area contributed by atoms with Gasteiger partial charge in [-0.15, -0.1) is 0 Å². The topological polar surface area (TPSA) is 29.0 Å². The molecule has 0 unspecified atom stereocenters. The molecule has 1 heterocycles. The highest BCUT2D eigenvalue weighted by Crippen LogP contribution is 2.24. The molecule has 0 atom stereocenters. The Bertz CT molecular complexity index is 483. The summed E-state index contributed by atoms with van der Waals surface area (Å²) >= 11 is 3.44. The summed E-state index contributed by atoms with van der Waals surface area (Å²) in [4.78, 5) is 10.8. The molecule has 82 valence electrons. The van der Waals surface area contributed by atoms with Crippen LogP contribution in [0.1, 0.15) is 0 Å². The maximum atomic E-state index is 4.51. The molecule has 0 saturated heterocycles. The molecule has 0 spiro atoms. The first kappa shape index (κ1) is 11.1. The van der Waals surface area contributed by atoms with Crippen LogP contribution in [0.4, 0.5) is 5.82 Å². The first-order chi connectivity index (χ1) is 7.68. The Hall–Kier alpha value is -1.42. The molecule has 0 radical (unpaired) electrons. The third-order valence-electron chi connectivity index (χ3n) is 2.18. The van der Waals surface area contributed by atoms with Crippen molar-refractivity contribution >= 4 is 21.7 Å². The zero-order chi connectivity index (χ0) is 11.5. The number of hydrogen-bond donors (Lipinski definition) is 0. The fourth-order valence-corrected chi connectivity index (χ4v) is 1.94. The SMILES string of the molecule is CN(C)c1nc(-c2ccccc2)ncc1Br. The first-order valence-corrected chi connectivity index (χ1v) is 5.73. The molecule has 0 aliphatic rings. The summed E-state index contributed by atoms with van der Waals surface area (Å²) in [5, 5.41) is 0. The van der Waals surface area contributed by atoms with Crippen molar-refractivity contribution in [2.45, 2.75) is 0 Å². The molecule has 1 aromatic heterocycles. The number of benzene rings is 1. The van der Waals surface area contributed by atoms with Crippen LogP contribution in [0.15, 0.2) is 41.0 Å². The first-order valence-electron chi connectivity index (χ1n) is 4.94. The van der Waals surface area contributed by atoms with E-state index in [1.807, 2.05) is 49.3 Å². The molecule has 3 nitrogen and oxygen atoms in total. The van der Waals surface area contributed by atoms with Gasteiger partial charge in [0.25, 0.3) is 0 Å². The molecule has 1 aromatic carbocycles. The van der Waals surface area contributed by atoms with E-state index in [2.05, 4.69) is 25.9 Å².